The van der Waals surface area contributed by atoms with Gasteiger partial charge in [-0.2, -0.15) is 0 Å². The third-order valence-corrected chi connectivity index (χ3v) is 1.57. The molecule has 0 aromatic rings. The predicted octanol–water partition coefficient (Wildman–Crippen LogP) is 2.68. The maximum Gasteiger partial charge on any atom is 0.409 e. The Morgan fingerprint density at radius 1 is 1.29 bits per heavy atom. The largest absolute Gasteiger partial charge is 0.445 e. The number of hydrogen-bond acceptors (Lipinski definition) is 2. The normalized spacial score (nSPS) is 11.8. The molecule has 0 aliphatic rings. The van der Waals surface area contributed by atoms with Gasteiger partial charge >= 0.3 is 6.09 Å². The summed E-state index contributed by atoms with van der Waals surface area (Å²) >= 11 is 0. The molecule has 0 radical (unpaired) electrons. The van der Waals surface area contributed by atoms with Gasteiger partial charge in [-0.15, -0.1) is 0 Å². The van der Waals surface area contributed by atoms with E-state index in [2.05, 4.69) is 20.8 Å². The van der Waals surface area contributed by atoms with Crippen LogP contribution in [0.25, 0.3) is 0 Å². The summed E-state index contributed by atoms with van der Waals surface area (Å²) in [6.07, 6.45) is 4.62. The summed E-state index contributed by atoms with van der Waals surface area (Å²) in [6.45, 7) is 6.86. The molecule has 0 saturated carbocycles. The van der Waals surface area contributed by atoms with E-state index in [4.69, 9.17) is 4.74 Å². The van der Waals surface area contributed by atoms with Crippen molar-refractivity contribution >= 4 is 6.09 Å². The molecule has 3 nitrogen and oxygen atoms in total. The second kappa shape index (κ2) is 5.68. The summed E-state index contributed by atoms with van der Waals surface area (Å²) in [6, 6.07) is 0. The standard InChI is InChI=1S/C11H21NO2/c1-11(2,3)8-6-7-9-14-10(13)12(4)5/h6-7H,8-9H2,1-5H3/b7-6+. The van der Waals surface area contributed by atoms with Gasteiger partial charge in [0.05, 0.1) is 0 Å². The van der Waals surface area contributed by atoms with E-state index in [1.165, 1.54) is 4.90 Å². The van der Waals surface area contributed by atoms with Crippen LogP contribution in [-0.2, 0) is 4.74 Å². The number of amides is 1. The van der Waals surface area contributed by atoms with Crippen LogP contribution in [0.5, 0.6) is 0 Å². The molecule has 1 amide bonds. The first-order valence-corrected chi connectivity index (χ1v) is 4.82. The van der Waals surface area contributed by atoms with Gasteiger partial charge in [0.15, 0.2) is 0 Å². The van der Waals surface area contributed by atoms with Crippen molar-refractivity contribution in [3.05, 3.63) is 12.2 Å². The van der Waals surface area contributed by atoms with Crippen LogP contribution in [0.1, 0.15) is 27.2 Å². The maximum atomic E-state index is 11.0. The van der Waals surface area contributed by atoms with Gasteiger partial charge < -0.3 is 9.64 Å². The molecular formula is C11H21NO2. The molecule has 0 aliphatic carbocycles. The minimum absolute atomic E-state index is 0.294. The van der Waals surface area contributed by atoms with Gasteiger partial charge in [0.1, 0.15) is 6.61 Å². The van der Waals surface area contributed by atoms with E-state index < -0.39 is 0 Å². The second-order valence-corrected chi connectivity index (χ2v) is 4.71. The van der Waals surface area contributed by atoms with Gasteiger partial charge in [-0.05, 0) is 11.8 Å². The summed E-state index contributed by atoms with van der Waals surface area (Å²) < 4.78 is 4.92. The molecule has 14 heavy (non-hydrogen) atoms. The van der Waals surface area contributed by atoms with Crippen molar-refractivity contribution < 1.29 is 9.53 Å². The molecule has 3 heteroatoms. The van der Waals surface area contributed by atoms with Crippen molar-refractivity contribution in [2.24, 2.45) is 5.41 Å². The second-order valence-electron chi connectivity index (χ2n) is 4.71. The van der Waals surface area contributed by atoms with E-state index in [0.29, 0.717) is 12.0 Å². The summed E-state index contributed by atoms with van der Waals surface area (Å²) in [7, 11) is 3.34. The average Bonchev–Trinajstić information content (AvgIpc) is 2.01. The van der Waals surface area contributed by atoms with Gasteiger partial charge in [-0.3, -0.25) is 0 Å². The molecule has 0 aromatic heterocycles. The van der Waals surface area contributed by atoms with Crippen molar-refractivity contribution in [1.82, 2.24) is 4.90 Å². The van der Waals surface area contributed by atoms with Crippen LogP contribution in [0, 0.1) is 5.41 Å². The van der Waals surface area contributed by atoms with Crippen molar-refractivity contribution in [2.45, 2.75) is 27.2 Å². The zero-order valence-corrected chi connectivity index (χ0v) is 9.83. The lowest BCUT2D eigenvalue weighted by molar-refractivity contribution is 0.129. The highest BCUT2D eigenvalue weighted by Crippen LogP contribution is 2.18. The van der Waals surface area contributed by atoms with Crippen LogP contribution < -0.4 is 0 Å². The number of rotatable bonds is 3. The topological polar surface area (TPSA) is 29.5 Å². The fourth-order valence-electron chi connectivity index (χ4n) is 0.753. The Balaban J connectivity index is 3.60. The molecule has 0 fully saturated rings. The van der Waals surface area contributed by atoms with E-state index in [0.717, 1.165) is 6.42 Å². The zero-order valence-electron chi connectivity index (χ0n) is 9.83. The summed E-state index contributed by atoms with van der Waals surface area (Å²) in [5.74, 6) is 0. The molecule has 0 spiro atoms. The molecule has 0 atom stereocenters. The molecule has 82 valence electrons. The fraction of sp³-hybridized carbons (Fsp3) is 0.727. The highest BCUT2D eigenvalue weighted by Gasteiger charge is 2.06. The van der Waals surface area contributed by atoms with Crippen molar-refractivity contribution in [2.75, 3.05) is 20.7 Å². The third-order valence-electron chi connectivity index (χ3n) is 1.57. The molecule has 0 heterocycles. The Hall–Kier alpha value is -0.990. The first-order chi connectivity index (χ1) is 6.33. The zero-order chi connectivity index (χ0) is 11.2. The molecular weight excluding hydrogens is 178 g/mol. The van der Waals surface area contributed by atoms with Crippen LogP contribution in [-0.4, -0.2) is 31.7 Å². The van der Waals surface area contributed by atoms with Gasteiger partial charge in [0.2, 0.25) is 0 Å². The number of nitrogens with zero attached hydrogens (tertiary/aromatic N) is 1. The van der Waals surface area contributed by atoms with Crippen molar-refractivity contribution in [3.8, 4) is 0 Å². The average molecular weight is 199 g/mol. The minimum atomic E-state index is -0.301. The van der Waals surface area contributed by atoms with Gasteiger partial charge in [-0.1, -0.05) is 32.9 Å². The highest BCUT2D eigenvalue weighted by molar-refractivity contribution is 5.66. The lowest BCUT2D eigenvalue weighted by Gasteiger charge is -2.14. The van der Waals surface area contributed by atoms with Gasteiger partial charge in [0.25, 0.3) is 0 Å². The quantitative estimate of drug-likeness (QED) is 0.654. The Bertz CT molecular complexity index is 202. The van der Waals surface area contributed by atoms with E-state index in [1.54, 1.807) is 14.1 Å². The van der Waals surface area contributed by atoms with Crippen LogP contribution in [0.3, 0.4) is 0 Å². The van der Waals surface area contributed by atoms with Gasteiger partial charge in [0, 0.05) is 14.1 Å². The molecule has 0 rings (SSSR count). The summed E-state index contributed by atoms with van der Waals surface area (Å²) in [4.78, 5) is 12.4. The smallest absolute Gasteiger partial charge is 0.409 e. The van der Waals surface area contributed by atoms with E-state index >= 15 is 0 Å². The summed E-state index contributed by atoms with van der Waals surface area (Å²) in [5.41, 5.74) is 0.294. The van der Waals surface area contributed by atoms with Crippen LogP contribution in [0.2, 0.25) is 0 Å². The minimum Gasteiger partial charge on any atom is -0.445 e. The monoisotopic (exact) mass is 199 g/mol. The maximum absolute atomic E-state index is 11.0. The third kappa shape index (κ3) is 7.65. The molecule has 0 N–H and O–H groups in total. The first-order valence-electron chi connectivity index (χ1n) is 4.82. The van der Waals surface area contributed by atoms with Gasteiger partial charge in [-0.25, -0.2) is 4.79 Å². The molecule has 0 aliphatic heterocycles. The number of hydrogen-bond donors (Lipinski definition) is 0. The number of ether oxygens (including phenoxy) is 1. The SMILES string of the molecule is CN(C)C(=O)OC/C=C/CC(C)(C)C. The number of allylic oxidation sites excluding steroid dienone is 1. The molecule has 0 aromatic carbocycles. The lowest BCUT2D eigenvalue weighted by Crippen LogP contribution is -2.22. The molecule has 0 bridgehead atoms. The van der Waals surface area contributed by atoms with Crippen LogP contribution in [0.4, 0.5) is 4.79 Å². The first kappa shape index (κ1) is 13.0. The predicted molar refractivity (Wildman–Crippen MR) is 58.2 cm³/mol. The Morgan fingerprint density at radius 2 is 1.86 bits per heavy atom. The van der Waals surface area contributed by atoms with Crippen LogP contribution >= 0.6 is 0 Å². The lowest BCUT2D eigenvalue weighted by atomic mass is 9.92. The number of carbonyl (C=O) groups excluding carboxylic acids is 1. The van der Waals surface area contributed by atoms with Crippen molar-refractivity contribution in [1.29, 1.82) is 0 Å². The Labute approximate surface area is 86.7 Å². The van der Waals surface area contributed by atoms with E-state index in [1.807, 2.05) is 12.2 Å². The van der Waals surface area contributed by atoms with E-state index in [9.17, 15) is 4.79 Å². The van der Waals surface area contributed by atoms with Crippen molar-refractivity contribution in [3.63, 3.8) is 0 Å². The highest BCUT2D eigenvalue weighted by atomic mass is 16.5. The Kier molecular flexibility index (Phi) is 5.28. The fourth-order valence-corrected chi connectivity index (χ4v) is 0.753. The molecule has 0 saturated heterocycles. The molecule has 0 unspecified atom stereocenters. The number of carbonyl (C=O) groups is 1. The van der Waals surface area contributed by atoms with E-state index in [-0.39, 0.29) is 6.09 Å². The van der Waals surface area contributed by atoms with Crippen LogP contribution in [0.15, 0.2) is 12.2 Å². The summed E-state index contributed by atoms with van der Waals surface area (Å²) in [5, 5.41) is 0. The Morgan fingerprint density at radius 3 is 2.29 bits per heavy atom.